The highest BCUT2D eigenvalue weighted by atomic mass is 15.0. The van der Waals surface area contributed by atoms with Crippen LogP contribution in [0.15, 0.2) is 84.9 Å². The number of hydrogen-bond donors (Lipinski definition) is 2. The van der Waals surface area contributed by atoms with Crippen LogP contribution < -0.4 is 10.6 Å². The summed E-state index contributed by atoms with van der Waals surface area (Å²) < 4.78 is 0. The fourth-order valence-corrected chi connectivity index (χ4v) is 3.85. The van der Waals surface area contributed by atoms with Gasteiger partial charge in [-0.2, -0.15) is 0 Å². The molecular weight excluding hydrogens is 316 g/mol. The molecule has 0 saturated heterocycles. The summed E-state index contributed by atoms with van der Waals surface area (Å²) in [6, 6.07) is 30.9. The maximum Gasteiger partial charge on any atom is 0.0516 e. The van der Waals surface area contributed by atoms with Crippen molar-refractivity contribution in [3.05, 3.63) is 96.1 Å². The molecule has 26 heavy (non-hydrogen) atoms. The second-order valence-corrected chi connectivity index (χ2v) is 6.75. The van der Waals surface area contributed by atoms with Crippen LogP contribution in [0.2, 0.25) is 0 Å². The number of likely N-dealkylation sites (N-methyl/N-ethyl adjacent to an activating group) is 2. The molecule has 2 atom stereocenters. The molecule has 0 aliphatic rings. The standard InChI is InChI=1S/C24H24N2/c1-25-23(21-13-11-17-7-3-5-9-19(17)15-21)24(26-2)22-14-12-18-8-4-6-10-20(18)16-22/h3-16,23-26H,1-2H3/t23-,24-/m0/s1. The van der Waals surface area contributed by atoms with Crippen molar-refractivity contribution in [3.63, 3.8) is 0 Å². The Hall–Kier alpha value is -2.68. The van der Waals surface area contributed by atoms with Crippen LogP contribution in [0.3, 0.4) is 0 Å². The first-order valence-corrected chi connectivity index (χ1v) is 9.12. The van der Waals surface area contributed by atoms with E-state index in [4.69, 9.17) is 0 Å². The lowest BCUT2D eigenvalue weighted by atomic mass is 9.91. The third-order valence-corrected chi connectivity index (χ3v) is 5.22. The van der Waals surface area contributed by atoms with Crippen molar-refractivity contribution in [1.29, 1.82) is 0 Å². The van der Waals surface area contributed by atoms with Gasteiger partial charge >= 0.3 is 0 Å². The van der Waals surface area contributed by atoms with Crippen LogP contribution in [0.5, 0.6) is 0 Å². The van der Waals surface area contributed by atoms with Gasteiger partial charge in [-0.1, -0.05) is 72.8 Å². The van der Waals surface area contributed by atoms with Crippen molar-refractivity contribution in [2.45, 2.75) is 12.1 Å². The highest BCUT2D eigenvalue weighted by Gasteiger charge is 2.22. The van der Waals surface area contributed by atoms with E-state index in [-0.39, 0.29) is 12.1 Å². The first-order chi connectivity index (χ1) is 12.8. The molecule has 130 valence electrons. The summed E-state index contributed by atoms with van der Waals surface area (Å²) in [6.45, 7) is 0. The van der Waals surface area contributed by atoms with E-state index in [0.29, 0.717) is 0 Å². The summed E-state index contributed by atoms with van der Waals surface area (Å²) in [7, 11) is 4.07. The van der Waals surface area contributed by atoms with E-state index in [1.54, 1.807) is 0 Å². The van der Waals surface area contributed by atoms with Crippen molar-refractivity contribution < 1.29 is 0 Å². The maximum atomic E-state index is 3.52. The Labute approximate surface area is 154 Å². The molecule has 0 amide bonds. The third kappa shape index (κ3) is 3.10. The number of fused-ring (bicyclic) bond motifs is 2. The minimum atomic E-state index is 0.186. The molecule has 0 aromatic heterocycles. The molecule has 0 fully saturated rings. The molecule has 0 bridgehead atoms. The quantitative estimate of drug-likeness (QED) is 0.521. The normalized spacial score (nSPS) is 13.8. The minimum Gasteiger partial charge on any atom is -0.311 e. The van der Waals surface area contributed by atoms with Gasteiger partial charge in [-0.3, -0.25) is 0 Å². The summed E-state index contributed by atoms with van der Waals surface area (Å²) >= 11 is 0. The van der Waals surface area contributed by atoms with Gasteiger partial charge < -0.3 is 10.6 Å². The molecule has 0 aliphatic heterocycles. The molecule has 0 aliphatic carbocycles. The van der Waals surface area contributed by atoms with Crippen molar-refractivity contribution in [1.82, 2.24) is 10.6 Å². The van der Waals surface area contributed by atoms with Crippen LogP contribution in [0.1, 0.15) is 23.2 Å². The van der Waals surface area contributed by atoms with Crippen molar-refractivity contribution in [2.75, 3.05) is 14.1 Å². The Kier molecular flexibility index (Phi) is 4.70. The van der Waals surface area contributed by atoms with Crippen LogP contribution in [-0.2, 0) is 0 Å². The van der Waals surface area contributed by atoms with E-state index in [0.717, 1.165) is 0 Å². The van der Waals surface area contributed by atoms with Gasteiger partial charge in [0.1, 0.15) is 0 Å². The van der Waals surface area contributed by atoms with E-state index in [2.05, 4.69) is 95.6 Å². The van der Waals surface area contributed by atoms with Gasteiger partial charge in [0.05, 0.1) is 12.1 Å². The van der Waals surface area contributed by atoms with Gasteiger partial charge in [0.15, 0.2) is 0 Å². The van der Waals surface area contributed by atoms with Gasteiger partial charge in [0, 0.05) is 0 Å². The lowest BCUT2D eigenvalue weighted by Crippen LogP contribution is -2.31. The number of benzene rings is 4. The predicted molar refractivity (Wildman–Crippen MR) is 111 cm³/mol. The van der Waals surface area contributed by atoms with Gasteiger partial charge in [0.2, 0.25) is 0 Å². The summed E-state index contributed by atoms with van der Waals surface area (Å²) in [4.78, 5) is 0. The maximum absolute atomic E-state index is 3.52. The molecule has 4 rings (SSSR count). The monoisotopic (exact) mass is 340 g/mol. The van der Waals surface area contributed by atoms with Gasteiger partial charge in [-0.25, -0.2) is 0 Å². The fraction of sp³-hybridized carbons (Fsp3) is 0.167. The second kappa shape index (κ2) is 7.28. The highest BCUT2D eigenvalue weighted by molar-refractivity contribution is 5.84. The molecule has 2 heteroatoms. The molecule has 0 unspecified atom stereocenters. The summed E-state index contributed by atoms with van der Waals surface area (Å²) in [5.74, 6) is 0. The first-order valence-electron chi connectivity index (χ1n) is 9.12. The fourth-order valence-electron chi connectivity index (χ4n) is 3.85. The van der Waals surface area contributed by atoms with Crippen LogP contribution in [0.25, 0.3) is 21.5 Å². The van der Waals surface area contributed by atoms with Crippen LogP contribution >= 0.6 is 0 Å². The topological polar surface area (TPSA) is 24.1 Å². The molecule has 4 aromatic rings. The second-order valence-electron chi connectivity index (χ2n) is 6.75. The first kappa shape index (κ1) is 16.8. The largest absolute Gasteiger partial charge is 0.311 e. The van der Waals surface area contributed by atoms with E-state index in [9.17, 15) is 0 Å². The Bertz CT molecular complexity index is 953. The molecule has 0 spiro atoms. The van der Waals surface area contributed by atoms with E-state index in [1.807, 2.05) is 14.1 Å². The van der Waals surface area contributed by atoms with E-state index >= 15 is 0 Å². The van der Waals surface area contributed by atoms with Crippen molar-refractivity contribution in [2.24, 2.45) is 0 Å². The molecule has 4 aromatic carbocycles. The van der Waals surface area contributed by atoms with Crippen LogP contribution in [0.4, 0.5) is 0 Å². The molecule has 2 N–H and O–H groups in total. The van der Waals surface area contributed by atoms with Gasteiger partial charge in [-0.05, 0) is 58.9 Å². The van der Waals surface area contributed by atoms with E-state index < -0.39 is 0 Å². The highest BCUT2D eigenvalue weighted by Crippen LogP contribution is 2.31. The number of nitrogens with one attached hydrogen (secondary N) is 2. The van der Waals surface area contributed by atoms with Crippen molar-refractivity contribution >= 4 is 21.5 Å². The Morgan fingerprint density at radius 2 is 0.885 bits per heavy atom. The van der Waals surface area contributed by atoms with Crippen molar-refractivity contribution in [3.8, 4) is 0 Å². The third-order valence-electron chi connectivity index (χ3n) is 5.22. The van der Waals surface area contributed by atoms with Crippen LogP contribution in [0, 0.1) is 0 Å². The lowest BCUT2D eigenvalue weighted by Gasteiger charge is -2.28. The predicted octanol–water partition coefficient (Wildman–Crippen LogP) is 5.21. The smallest absolute Gasteiger partial charge is 0.0516 e. The summed E-state index contributed by atoms with van der Waals surface area (Å²) in [5.41, 5.74) is 2.58. The zero-order valence-corrected chi connectivity index (χ0v) is 15.2. The Morgan fingerprint density at radius 3 is 1.27 bits per heavy atom. The zero-order chi connectivity index (χ0) is 17.9. The number of rotatable bonds is 5. The molecule has 2 nitrogen and oxygen atoms in total. The Morgan fingerprint density at radius 1 is 0.500 bits per heavy atom. The molecule has 0 radical (unpaired) electrons. The molecule has 0 saturated carbocycles. The number of hydrogen-bond acceptors (Lipinski definition) is 2. The Balaban J connectivity index is 1.76. The summed E-state index contributed by atoms with van der Waals surface area (Å²) in [5, 5.41) is 12.1. The zero-order valence-electron chi connectivity index (χ0n) is 15.2. The molecule has 0 heterocycles. The average Bonchev–Trinajstić information content (AvgIpc) is 2.71. The SMILES string of the molecule is CN[C@@H](c1ccc2ccccc2c1)[C@@H](NC)c1ccc2ccccc2c1. The molecular formula is C24H24N2. The van der Waals surface area contributed by atoms with E-state index in [1.165, 1.54) is 32.7 Å². The van der Waals surface area contributed by atoms with Crippen LogP contribution in [-0.4, -0.2) is 14.1 Å². The summed E-state index contributed by atoms with van der Waals surface area (Å²) in [6.07, 6.45) is 0. The lowest BCUT2D eigenvalue weighted by molar-refractivity contribution is 0.433. The minimum absolute atomic E-state index is 0.186. The average molecular weight is 340 g/mol. The van der Waals surface area contributed by atoms with Gasteiger partial charge in [0.25, 0.3) is 0 Å². The van der Waals surface area contributed by atoms with Gasteiger partial charge in [-0.15, -0.1) is 0 Å².